The Morgan fingerprint density at radius 2 is 1.88 bits per heavy atom. The predicted octanol–water partition coefficient (Wildman–Crippen LogP) is 2.47. The zero-order valence-electron chi connectivity index (χ0n) is 17.7. The minimum atomic E-state index is -0.617. The number of nitrogens with zero attached hydrogens (tertiary/aromatic N) is 5. The fraction of sp³-hybridized carbons (Fsp3) is 0.136. The molecule has 166 valence electrons. The van der Waals surface area contributed by atoms with Crippen LogP contribution in [-0.4, -0.2) is 29.6 Å². The van der Waals surface area contributed by atoms with Crippen LogP contribution in [0.3, 0.4) is 0 Å². The van der Waals surface area contributed by atoms with Crippen LogP contribution in [0.1, 0.15) is 0 Å². The summed E-state index contributed by atoms with van der Waals surface area (Å²) in [7, 11) is 3.16. The number of carbonyl (C=O) groups excluding carboxylic acids is 1. The van der Waals surface area contributed by atoms with Crippen LogP contribution < -0.4 is 21.3 Å². The highest BCUT2D eigenvalue weighted by atomic mass is 32.1. The first kappa shape index (κ1) is 20.6. The van der Waals surface area contributed by atoms with E-state index < -0.39 is 23.7 Å². The summed E-state index contributed by atoms with van der Waals surface area (Å²) >= 11 is 1.27. The van der Waals surface area contributed by atoms with E-state index in [9.17, 15) is 14.4 Å². The van der Waals surface area contributed by atoms with Gasteiger partial charge in [0.05, 0.1) is 16.5 Å². The molecule has 3 heterocycles. The third-order valence-corrected chi connectivity index (χ3v) is 6.02. The second-order valence-electron chi connectivity index (χ2n) is 7.37. The summed E-state index contributed by atoms with van der Waals surface area (Å²) in [5.41, 5.74) is 0.0170. The van der Waals surface area contributed by atoms with Crippen molar-refractivity contribution < 1.29 is 9.53 Å². The quantitative estimate of drug-likeness (QED) is 0.429. The molecule has 5 rings (SSSR count). The number of fused-ring (bicyclic) bond motifs is 2. The number of anilines is 1. The van der Waals surface area contributed by atoms with E-state index in [1.807, 2.05) is 36.4 Å². The van der Waals surface area contributed by atoms with Crippen LogP contribution in [0.25, 0.3) is 21.4 Å². The molecule has 0 radical (unpaired) electrons. The van der Waals surface area contributed by atoms with E-state index in [1.165, 1.54) is 33.8 Å². The van der Waals surface area contributed by atoms with Gasteiger partial charge in [-0.25, -0.2) is 19.3 Å². The maximum atomic E-state index is 12.8. The third kappa shape index (κ3) is 3.78. The lowest BCUT2D eigenvalue weighted by atomic mass is 10.3. The summed E-state index contributed by atoms with van der Waals surface area (Å²) in [4.78, 5) is 46.5. The van der Waals surface area contributed by atoms with Crippen molar-refractivity contribution in [1.82, 2.24) is 23.7 Å². The molecule has 0 atom stereocenters. The molecule has 1 amide bonds. The van der Waals surface area contributed by atoms with E-state index in [-0.39, 0.29) is 11.2 Å². The van der Waals surface area contributed by atoms with E-state index in [0.717, 1.165) is 9.27 Å². The Morgan fingerprint density at radius 3 is 2.67 bits per heavy atom. The molecule has 33 heavy (non-hydrogen) atoms. The Kier molecular flexibility index (Phi) is 5.02. The second-order valence-corrected chi connectivity index (χ2v) is 8.40. The van der Waals surface area contributed by atoms with Crippen molar-refractivity contribution in [2.75, 3.05) is 5.32 Å². The minimum absolute atomic E-state index is 0.246. The molecule has 0 unspecified atom stereocenters. The van der Waals surface area contributed by atoms with Gasteiger partial charge in [-0.15, -0.1) is 0 Å². The van der Waals surface area contributed by atoms with Crippen LogP contribution in [0, 0.1) is 0 Å². The summed E-state index contributed by atoms with van der Waals surface area (Å²) in [5.74, 6) is 0.831. The Balaban J connectivity index is 1.38. The van der Waals surface area contributed by atoms with E-state index >= 15 is 0 Å². The van der Waals surface area contributed by atoms with Crippen molar-refractivity contribution in [3.8, 4) is 11.5 Å². The van der Waals surface area contributed by atoms with Crippen LogP contribution in [0.5, 0.6) is 11.5 Å². The maximum absolute atomic E-state index is 12.8. The first-order chi connectivity index (χ1) is 15.9. The van der Waals surface area contributed by atoms with E-state index in [4.69, 9.17) is 4.74 Å². The van der Waals surface area contributed by atoms with Gasteiger partial charge in [-0.05, 0) is 24.3 Å². The predicted molar refractivity (Wildman–Crippen MR) is 125 cm³/mol. The molecule has 5 aromatic rings. The van der Waals surface area contributed by atoms with Gasteiger partial charge in [0.2, 0.25) is 5.91 Å². The van der Waals surface area contributed by atoms with Crippen molar-refractivity contribution in [1.29, 1.82) is 0 Å². The van der Waals surface area contributed by atoms with Crippen LogP contribution >= 0.6 is 11.3 Å². The first-order valence-electron chi connectivity index (χ1n) is 9.95. The highest BCUT2D eigenvalue weighted by Gasteiger charge is 2.18. The van der Waals surface area contributed by atoms with Crippen molar-refractivity contribution in [3.63, 3.8) is 0 Å². The molecule has 0 bridgehead atoms. The van der Waals surface area contributed by atoms with Gasteiger partial charge in [0, 0.05) is 20.2 Å². The number of benzene rings is 2. The number of amides is 1. The molecular weight excluding hydrogens is 444 g/mol. The monoisotopic (exact) mass is 462 g/mol. The highest BCUT2D eigenvalue weighted by molar-refractivity contribution is 7.22. The Hall–Kier alpha value is -4.25. The van der Waals surface area contributed by atoms with Gasteiger partial charge in [0.25, 0.3) is 5.56 Å². The van der Waals surface area contributed by atoms with Crippen LogP contribution in [0.4, 0.5) is 5.13 Å². The summed E-state index contributed by atoms with van der Waals surface area (Å²) in [6.07, 6.45) is 1.45. The molecule has 0 aliphatic rings. The molecule has 10 nitrogen and oxygen atoms in total. The molecule has 1 N–H and O–H groups in total. The Morgan fingerprint density at radius 1 is 1.09 bits per heavy atom. The topological polar surface area (TPSA) is 113 Å². The normalized spacial score (nSPS) is 11.2. The summed E-state index contributed by atoms with van der Waals surface area (Å²) in [5, 5.41) is 3.04. The summed E-state index contributed by atoms with van der Waals surface area (Å²) in [6.45, 7) is -0.440. The standard InChI is InChI=1S/C22H18N6O4S/c1-26-12-23-19-18(26)20(30)28(22(31)27(19)2)11-17(29)25-21-24-15-9-8-14(10-16(15)33-21)32-13-6-4-3-5-7-13/h3-10,12H,11H2,1-2H3,(H,24,25,29). The molecule has 11 heteroatoms. The van der Waals surface area contributed by atoms with Crippen LogP contribution in [-0.2, 0) is 25.4 Å². The molecule has 0 saturated carbocycles. The number of aryl methyl sites for hydroxylation is 2. The molecule has 0 aliphatic carbocycles. The van der Waals surface area contributed by atoms with E-state index in [0.29, 0.717) is 22.1 Å². The molecule has 0 spiro atoms. The Labute approximate surface area is 190 Å². The van der Waals surface area contributed by atoms with Gasteiger partial charge < -0.3 is 14.6 Å². The van der Waals surface area contributed by atoms with Gasteiger partial charge in [0.1, 0.15) is 18.0 Å². The molecule has 0 saturated heterocycles. The van der Waals surface area contributed by atoms with Crippen molar-refractivity contribution in [3.05, 3.63) is 75.7 Å². The van der Waals surface area contributed by atoms with Gasteiger partial charge in [-0.2, -0.15) is 0 Å². The lowest BCUT2D eigenvalue weighted by Crippen LogP contribution is -2.42. The van der Waals surface area contributed by atoms with Crippen LogP contribution in [0.15, 0.2) is 64.4 Å². The van der Waals surface area contributed by atoms with Gasteiger partial charge >= 0.3 is 5.69 Å². The molecule has 2 aromatic carbocycles. The number of thiazole rings is 1. The van der Waals surface area contributed by atoms with Crippen molar-refractivity contribution in [2.45, 2.75) is 6.54 Å². The number of rotatable bonds is 5. The molecule has 0 fully saturated rings. The van der Waals surface area contributed by atoms with Gasteiger partial charge in [0.15, 0.2) is 16.3 Å². The maximum Gasteiger partial charge on any atom is 0.332 e. The number of imidazole rings is 1. The highest BCUT2D eigenvalue weighted by Crippen LogP contribution is 2.31. The molecular formula is C22H18N6O4S. The van der Waals surface area contributed by atoms with Gasteiger partial charge in [-0.3, -0.25) is 14.2 Å². The molecule has 0 aliphatic heterocycles. The van der Waals surface area contributed by atoms with Crippen molar-refractivity contribution >= 4 is 43.8 Å². The zero-order valence-corrected chi connectivity index (χ0v) is 18.5. The number of ether oxygens (including phenoxy) is 1. The molecule has 3 aromatic heterocycles. The third-order valence-electron chi connectivity index (χ3n) is 5.09. The number of carbonyl (C=O) groups is 1. The largest absolute Gasteiger partial charge is 0.457 e. The number of hydrogen-bond donors (Lipinski definition) is 1. The number of nitrogens with one attached hydrogen (secondary N) is 1. The number of hydrogen-bond acceptors (Lipinski definition) is 7. The van der Waals surface area contributed by atoms with Crippen molar-refractivity contribution in [2.24, 2.45) is 14.1 Å². The summed E-state index contributed by atoms with van der Waals surface area (Å²) < 4.78 is 10.3. The van der Waals surface area contributed by atoms with E-state index in [1.54, 1.807) is 19.2 Å². The average molecular weight is 462 g/mol. The smallest absolute Gasteiger partial charge is 0.332 e. The average Bonchev–Trinajstić information content (AvgIpc) is 3.38. The fourth-order valence-electron chi connectivity index (χ4n) is 3.48. The lowest BCUT2D eigenvalue weighted by Gasteiger charge is -2.08. The Bertz CT molecular complexity index is 1630. The second kappa shape index (κ2) is 8.02. The van der Waals surface area contributed by atoms with Crippen LogP contribution in [0.2, 0.25) is 0 Å². The number of aromatic nitrogens is 5. The van der Waals surface area contributed by atoms with E-state index in [2.05, 4.69) is 15.3 Å². The summed E-state index contributed by atoms with van der Waals surface area (Å²) in [6, 6.07) is 14.8. The zero-order chi connectivity index (χ0) is 23.1. The number of para-hydroxylation sites is 1. The lowest BCUT2D eigenvalue weighted by molar-refractivity contribution is -0.116. The SMILES string of the molecule is Cn1cnc2c1c(=O)n(CC(=O)Nc1nc3ccc(Oc4ccccc4)cc3s1)c(=O)n2C. The van der Waals surface area contributed by atoms with Gasteiger partial charge in [-0.1, -0.05) is 29.5 Å². The fourth-order valence-corrected chi connectivity index (χ4v) is 4.40. The minimum Gasteiger partial charge on any atom is -0.457 e. The first-order valence-corrected chi connectivity index (χ1v) is 10.8.